The van der Waals surface area contributed by atoms with Crippen molar-refractivity contribution >= 4 is 33.8 Å². The van der Waals surface area contributed by atoms with Crippen molar-refractivity contribution in [1.29, 1.82) is 0 Å². The van der Waals surface area contributed by atoms with Crippen LogP contribution in [0.5, 0.6) is 0 Å². The van der Waals surface area contributed by atoms with E-state index in [1.165, 1.54) is 0 Å². The van der Waals surface area contributed by atoms with Crippen LogP contribution in [0.1, 0.15) is 35.3 Å². The Morgan fingerprint density at radius 3 is 2.49 bits per heavy atom. The Balaban J connectivity index is 1.43. The summed E-state index contributed by atoms with van der Waals surface area (Å²) in [5.74, 6) is 0.322. The van der Waals surface area contributed by atoms with E-state index in [1.807, 2.05) is 32.2 Å². The Morgan fingerprint density at radius 1 is 1.05 bits per heavy atom. The molecular weight excluding hydrogens is 473 g/mol. The van der Waals surface area contributed by atoms with Crippen LogP contribution in [0.4, 0.5) is 27.3 Å². The molecule has 1 aliphatic heterocycles. The predicted molar refractivity (Wildman–Crippen MR) is 142 cm³/mol. The minimum absolute atomic E-state index is 0.0291. The minimum atomic E-state index is -0.602. The molecule has 0 saturated carbocycles. The van der Waals surface area contributed by atoms with Gasteiger partial charge in [-0.2, -0.15) is 10.2 Å². The van der Waals surface area contributed by atoms with Gasteiger partial charge in [0, 0.05) is 42.7 Å². The summed E-state index contributed by atoms with van der Waals surface area (Å²) in [4.78, 5) is 25.3. The molecule has 9 nitrogen and oxygen atoms in total. The van der Waals surface area contributed by atoms with Gasteiger partial charge in [0.15, 0.2) is 0 Å². The van der Waals surface area contributed by atoms with E-state index in [0.717, 1.165) is 28.7 Å². The second-order valence-electron chi connectivity index (χ2n) is 9.64. The van der Waals surface area contributed by atoms with Crippen molar-refractivity contribution in [3.63, 3.8) is 0 Å². The first-order chi connectivity index (χ1) is 17.7. The number of aromatic nitrogens is 4. The van der Waals surface area contributed by atoms with E-state index in [1.54, 1.807) is 41.5 Å². The van der Waals surface area contributed by atoms with Gasteiger partial charge >= 0.3 is 0 Å². The average Bonchev–Trinajstić information content (AvgIpc) is 3.45. The topological polar surface area (TPSA) is 106 Å². The average molecular weight is 500 g/mol. The van der Waals surface area contributed by atoms with E-state index < -0.39 is 10.9 Å². The summed E-state index contributed by atoms with van der Waals surface area (Å²) in [7, 11) is 1.86. The first-order valence-electron chi connectivity index (χ1n) is 12.1. The van der Waals surface area contributed by atoms with E-state index in [9.17, 15) is 14.0 Å². The largest absolute Gasteiger partial charge is 0.350 e. The summed E-state index contributed by atoms with van der Waals surface area (Å²) in [6.07, 6.45) is 2.45. The Morgan fingerprint density at radius 2 is 1.76 bits per heavy atom. The van der Waals surface area contributed by atoms with Crippen molar-refractivity contribution in [2.24, 2.45) is 7.05 Å². The van der Waals surface area contributed by atoms with Crippen LogP contribution >= 0.6 is 0 Å². The highest BCUT2D eigenvalue weighted by molar-refractivity contribution is 5.87. The van der Waals surface area contributed by atoms with Gasteiger partial charge in [0.25, 0.3) is 10.9 Å². The fraction of sp³-hybridized carbons (Fsp3) is 0.259. The quantitative estimate of drug-likeness (QED) is 0.316. The Bertz CT molecular complexity index is 1750. The molecule has 0 saturated heterocycles. The summed E-state index contributed by atoms with van der Waals surface area (Å²) in [5.41, 5.74) is 4.29. The van der Waals surface area contributed by atoms with Crippen LogP contribution in [0.3, 0.4) is 0 Å². The predicted octanol–water partition coefficient (Wildman–Crippen LogP) is 3.80. The number of hydrogen-bond acceptors (Lipinski definition) is 7. The summed E-state index contributed by atoms with van der Waals surface area (Å²) >= 11 is 0. The molecule has 188 valence electrons. The highest BCUT2D eigenvalue weighted by Crippen LogP contribution is 2.36. The fourth-order valence-corrected chi connectivity index (χ4v) is 5.11. The molecule has 0 fully saturated rings. The van der Waals surface area contributed by atoms with Crippen LogP contribution in [0.25, 0.3) is 16.6 Å². The second kappa shape index (κ2) is 8.38. The van der Waals surface area contributed by atoms with Crippen molar-refractivity contribution in [3.8, 4) is 5.69 Å². The van der Waals surface area contributed by atoms with E-state index >= 15 is 0 Å². The molecular formula is C27H26FN7O2. The smallest absolute Gasteiger partial charge is 0.253 e. The molecule has 37 heavy (non-hydrogen) atoms. The zero-order valence-electron chi connectivity index (χ0n) is 20.9. The van der Waals surface area contributed by atoms with E-state index in [0.29, 0.717) is 34.7 Å². The first-order valence-corrected chi connectivity index (χ1v) is 12.1. The highest BCUT2D eigenvalue weighted by atomic mass is 19.1. The molecule has 3 heterocycles. The Labute approximate surface area is 211 Å². The maximum atomic E-state index is 14.4. The molecule has 1 aliphatic rings. The number of nitrogens with zero attached hydrogens (tertiary/aromatic N) is 4. The van der Waals surface area contributed by atoms with E-state index in [-0.39, 0.29) is 23.2 Å². The van der Waals surface area contributed by atoms with Crippen molar-refractivity contribution < 1.29 is 4.39 Å². The lowest BCUT2D eigenvalue weighted by molar-refractivity contribution is 0.538. The van der Waals surface area contributed by atoms with Crippen LogP contribution in [0, 0.1) is 19.7 Å². The minimum Gasteiger partial charge on any atom is -0.350 e. The Kier molecular flexibility index (Phi) is 5.23. The number of anilines is 4. The van der Waals surface area contributed by atoms with Gasteiger partial charge in [-0.05, 0) is 62.2 Å². The van der Waals surface area contributed by atoms with E-state index in [4.69, 9.17) is 5.10 Å². The molecule has 2 aromatic heterocycles. The molecule has 0 aliphatic carbocycles. The van der Waals surface area contributed by atoms with Gasteiger partial charge in [0.1, 0.15) is 23.0 Å². The highest BCUT2D eigenvalue weighted by Gasteiger charge is 2.30. The fourth-order valence-electron chi connectivity index (χ4n) is 5.11. The standard InChI is InChI=1S/C27H26FN7O2/c1-13-9-18(10-14(2)22(13)28)35-27(21-15(3)29-8-7-19(21)33-35)32-24-23(25(36)26(24)37)31-17-5-6-20-16(11-17)12-30-34(20)4/h5-6,9-12,15,29,31-32H,7-8H2,1-4H3/t15-/m0/s1. The van der Waals surface area contributed by atoms with E-state index in [2.05, 4.69) is 21.0 Å². The normalized spacial score (nSPS) is 15.3. The van der Waals surface area contributed by atoms with Crippen molar-refractivity contribution in [2.75, 3.05) is 17.2 Å². The third kappa shape index (κ3) is 3.63. The lowest BCUT2D eigenvalue weighted by Crippen LogP contribution is -2.36. The van der Waals surface area contributed by atoms with Crippen molar-refractivity contribution in [2.45, 2.75) is 33.2 Å². The number of rotatable bonds is 5. The lowest BCUT2D eigenvalue weighted by Gasteiger charge is -2.22. The summed E-state index contributed by atoms with van der Waals surface area (Å²) < 4.78 is 17.9. The number of aryl methyl sites for hydroxylation is 3. The zero-order chi connectivity index (χ0) is 26.0. The molecule has 0 unspecified atom stereocenters. The number of nitrogens with one attached hydrogen (secondary N) is 3. The van der Waals surface area contributed by atoms with Gasteiger partial charge in [-0.3, -0.25) is 14.3 Å². The van der Waals surface area contributed by atoms with Crippen LogP contribution in [-0.4, -0.2) is 26.1 Å². The van der Waals surface area contributed by atoms with Crippen LogP contribution in [0.2, 0.25) is 0 Å². The zero-order valence-corrected chi connectivity index (χ0v) is 20.9. The first kappa shape index (κ1) is 23.1. The van der Waals surface area contributed by atoms with Gasteiger partial charge in [0.05, 0.1) is 23.1 Å². The molecule has 3 N–H and O–H groups in total. The third-order valence-electron chi connectivity index (χ3n) is 7.08. The molecule has 10 heteroatoms. The third-order valence-corrected chi connectivity index (χ3v) is 7.08. The van der Waals surface area contributed by atoms with Crippen LogP contribution in [0.15, 0.2) is 46.1 Å². The van der Waals surface area contributed by atoms with Gasteiger partial charge in [-0.25, -0.2) is 9.07 Å². The number of benzene rings is 2. The molecule has 1 atom stereocenters. The number of fused-ring (bicyclic) bond motifs is 2. The number of halogens is 1. The number of hydrogen-bond donors (Lipinski definition) is 3. The van der Waals surface area contributed by atoms with Gasteiger partial charge in [-0.15, -0.1) is 0 Å². The molecule has 0 bridgehead atoms. The Hall–Kier alpha value is -4.31. The van der Waals surface area contributed by atoms with Crippen molar-refractivity contribution in [1.82, 2.24) is 24.9 Å². The maximum absolute atomic E-state index is 14.4. The molecule has 0 radical (unpaired) electrons. The summed E-state index contributed by atoms with van der Waals surface area (Å²) in [6, 6.07) is 9.06. The monoisotopic (exact) mass is 499 g/mol. The van der Waals surface area contributed by atoms with Gasteiger partial charge < -0.3 is 16.0 Å². The maximum Gasteiger partial charge on any atom is 0.253 e. The molecule has 5 aromatic rings. The second-order valence-corrected chi connectivity index (χ2v) is 9.64. The summed E-state index contributed by atoms with van der Waals surface area (Å²) in [6.45, 7) is 6.23. The van der Waals surface area contributed by atoms with Crippen LogP contribution < -0.4 is 26.8 Å². The van der Waals surface area contributed by atoms with Gasteiger partial charge in [0.2, 0.25) is 0 Å². The van der Waals surface area contributed by atoms with Crippen LogP contribution in [-0.2, 0) is 13.5 Å². The molecule has 6 rings (SSSR count). The van der Waals surface area contributed by atoms with Crippen molar-refractivity contribution in [3.05, 3.63) is 85.2 Å². The lowest BCUT2D eigenvalue weighted by atomic mass is 10.0. The molecule has 0 spiro atoms. The molecule has 3 aromatic carbocycles. The summed E-state index contributed by atoms with van der Waals surface area (Å²) in [5, 5.41) is 19.8. The van der Waals surface area contributed by atoms with Gasteiger partial charge in [-0.1, -0.05) is 0 Å². The molecule has 0 amide bonds. The SMILES string of the molecule is Cc1cc(-n2nc3c(c2Nc2c(Nc4ccc5c(cnn5C)c4)c(=O)c2=O)[C@H](C)NCC3)cc(C)c1F.